The Balaban J connectivity index is 1.66. The average molecular weight is 469 g/mol. The van der Waals surface area contributed by atoms with Gasteiger partial charge in [-0.25, -0.2) is 0 Å². The second-order valence-corrected chi connectivity index (χ2v) is 8.21. The van der Waals surface area contributed by atoms with Crippen LogP contribution in [0.1, 0.15) is 25.8 Å². The van der Waals surface area contributed by atoms with E-state index in [2.05, 4.69) is 5.32 Å². The maximum atomic E-state index is 12.7. The molecule has 3 rings (SSSR count). The number of carbonyl (C=O) groups is 4. The molecule has 2 aromatic rings. The molecule has 1 aliphatic heterocycles. The average Bonchev–Trinajstić information content (AvgIpc) is 3.06. The van der Waals surface area contributed by atoms with Crippen LogP contribution in [0.5, 0.6) is 5.75 Å². The van der Waals surface area contributed by atoms with Crippen molar-refractivity contribution in [3.8, 4) is 5.75 Å². The topological polar surface area (TPSA) is 102 Å². The second-order valence-electron chi connectivity index (χ2n) is 7.22. The van der Waals surface area contributed by atoms with Gasteiger partial charge in [-0.2, -0.15) is 0 Å². The number of imide groups is 1. The molecule has 1 fully saturated rings. The van der Waals surface area contributed by atoms with Crippen LogP contribution in [0.3, 0.4) is 0 Å². The zero-order valence-corrected chi connectivity index (χ0v) is 19.1. The Kier molecular flexibility index (Phi) is 8.26. The summed E-state index contributed by atoms with van der Waals surface area (Å²) in [7, 11) is 0. The number of hydrogen-bond donors (Lipinski definition) is 1. The molecule has 8 nitrogen and oxygen atoms in total. The van der Waals surface area contributed by atoms with Gasteiger partial charge >= 0.3 is 5.97 Å². The highest BCUT2D eigenvalue weighted by molar-refractivity contribution is 8.18. The van der Waals surface area contributed by atoms with E-state index >= 15 is 0 Å². The molecule has 1 atom stereocenters. The van der Waals surface area contributed by atoms with Crippen LogP contribution in [0.25, 0.3) is 6.08 Å². The monoisotopic (exact) mass is 468 g/mol. The van der Waals surface area contributed by atoms with Crippen LogP contribution in [0.15, 0.2) is 59.5 Å². The zero-order chi connectivity index (χ0) is 23.8. The predicted octanol–water partition coefficient (Wildman–Crippen LogP) is 4.08. The number of esters is 1. The largest absolute Gasteiger partial charge is 0.483 e. The second kappa shape index (κ2) is 11.3. The number of benzene rings is 2. The lowest BCUT2D eigenvalue weighted by atomic mass is 10.2. The molecule has 1 heterocycles. The van der Waals surface area contributed by atoms with E-state index in [9.17, 15) is 19.2 Å². The van der Waals surface area contributed by atoms with E-state index in [-0.39, 0.29) is 23.5 Å². The molecule has 0 unspecified atom stereocenters. The number of para-hydroxylation sites is 2. The predicted molar refractivity (Wildman–Crippen MR) is 126 cm³/mol. The highest BCUT2D eigenvalue weighted by Crippen LogP contribution is 2.34. The number of nitrogens with zero attached hydrogens (tertiary/aromatic N) is 1. The lowest BCUT2D eigenvalue weighted by Crippen LogP contribution is -2.35. The zero-order valence-electron chi connectivity index (χ0n) is 18.3. The molecular weight excluding hydrogens is 444 g/mol. The molecule has 3 amide bonds. The van der Waals surface area contributed by atoms with E-state index in [1.165, 1.54) is 6.08 Å². The Morgan fingerprint density at radius 2 is 1.79 bits per heavy atom. The van der Waals surface area contributed by atoms with E-state index in [0.29, 0.717) is 23.4 Å². The lowest BCUT2D eigenvalue weighted by Gasteiger charge is -2.15. The van der Waals surface area contributed by atoms with Gasteiger partial charge in [0, 0.05) is 11.3 Å². The minimum Gasteiger partial charge on any atom is -0.483 e. The number of amides is 3. The molecule has 0 saturated carbocycles. The fourth-order valence-corrected chi connectivity index (χ4v) is 3.67. The maximum absolute atomic E-state index is 12.7. The number of rotatable bonds is 9. The van der Waals surface area contributed by atoms with Gasteiger partial charge in [-0.05, 0) is 49.4 Å². The quantitative estimate of drug-likeness (QED) is 0.437. The first-order chi connectivity index (χ1) is 15.9. The van der Waals surface area contributed by atoms with Crippen molar-refractivity contribution in [2.75, 3.05) is 18.5 Å². The molecule has 0 bridgehead atoms. The van der Waals surface area contributed by atoms with E-state index in [1.807, 2.05) is 25.1 Å². The van der Waals surface area contributed by atoms with Gasteiger partial charge in [0.05, 0.1) is 11.0 Å². The lowest BCUT2D eigenvalue weighted by molar-refractivity contribution is -0.150. The third kappa shape index (κ3) is 6.69. The fraction of sp³-hybridized carbons (Fsp3) is 0.250. The number of hydrogen-bond acceptors (Lipinski definition) is 7. The van der Waals surface area contributed by atoms with E-state index in [4.69, 9.17) is 9.47 Å². The van der Waals surface area contributed by atoms with Crippen molar-refractivity contribution in [3.63, 3.8) is 0 Å². The van der Waals surface area contributed by atoms with Gasteiger partial charge in [-0.15, -0.1) is 0 Å². The van der Waals surface area contributed by atoms with Gasteiger partial charge in [-0.1, -0.05) is 43.3 Å². The Bertz CT molecular complexity index is 1070. The summed E-state index contributed by atoms with van der Waals surface area (Å²) in [5.74, 6) is -1.18. The minimum atomic E-state index is -0.638. The van der Waals surface area contributed by atoms with Gasteiger partial charge in [0.2, 0.25) is 0 Å². The van der Waals surface area contributed by atoms with Crippen LogP contribution < -0.4 is 10.1 Å². The normalized spacial score (nSPS) is 15.5. The standard InChI is InChI=1S/C24H24N2O6S/c1-3-16(2)32-22(28)14-26-23(29)20(33-24(26)30)13-17-9-7-8-12-19(17)31-15-21(27)25-18-10-5-4-6-11-18/h4-13,16H,3,14-15H2,1-2H3,(H,25,27)/b20-13+/t16-/m0/s1. The van der Waals surface area contributed by atoms with Crippen molar-refractivity contribution in [2.45, 2.75) is 26.4 Å². The van der Waals surface area contributed by atoms with E-state index in [1.54, 1.807) is 43.3 Å². The minimum absolute atomic E-state index is 0.154. The van der Waals surface area contributed by atoms with Crippen molar-refractivity contribution in [3.05, 3.63) is 65.1 Å². The summed E-state index contributed by atoms with van der Waals surface area (Å²) in [5, 5.41) is 2.18. The number of nitrogens with one attached hydrogen (secondary N) is 1. The fourth-order valence-electron chi connectivity index (χ4n) is 2.84. The molecule has 1 N–H and O–H groups in total. The summed E-state index contributed by atoms with van der Waals surface area (Å²) >= 11 is 0.734. The molecule has 0 spiro atoms. The summed E-state index contributed by atoms with van der Waals surface area (Å²) in [5.41, 5.74) is 1.18. The van der Waals surface area contributed by atoms with Crippen molar-refractivity contribution < 1.29 is 28.7 Å². The maximum Gasteiger partial charge on any atom is 0.326 e. The Labute approximate surface area is 195 Å². The van der Waals surface area contributed by atoms with Crippen molar-refractivity contribution in [1.82, 2.24) is 4.90 Å². The van der Waals surface area contributed by atoms with Crippen molar-refractivity contribution in [2.24, 2.45) is 0 Å². The van der Waals surface area contributed by atoms with Crippen molar-refractivity contribution >= 4 is 46.5 Å². The van der Waals surface area contributed by atoms with Crippen LogP contribution in [0.4, 0.5) is 10.5 Å². The molecule has 1 saturated heterocycles. The van der Waals surface area contributed by atoms with Gasteiger partial charge in [-0.3, -0.25) is 24.1 Å². The van der Waals surface area contributed by atoms with Crippen LogP contribution in [-0.4, -0.2) is 47.2 Å². The number of anilines is 1. The van der Waals surface area contributed by atoms with Crippen LogP contribution >= 0.6 is 11.8 Å². The summed E-state index contributed by atoms with van der Waals surface area (Å²) in [4.78, 5) is 50.2. The first-order valence-corrected chi connectivity index (χ1v) is 11.2. The first kappa shape index (κ1) is 24.1. The van der Waals surface area contributed by atoms with Crippen LogP contribution in [-0.2, 0) is 19.1 Å². The van der Waals surface area contributed by atoms with Gasteiger partial charge < -0.3 is 14.8 Å². The highest BCUT2D eigenvalue weighted by atomic mass is 32.2. The summed E-state index contributed by atoms with van der Waals surface area (Å²) in [6.07, 6.45) is 1.85. The molecule has 9 heteroatoms. The van der Waals surface area contributed by atoms with Crippen molar-refractivity contribution in [1.29, 1.82) is 0 Å². The molecule has 2 aromatic carbocycles. The Hall–Kier alpha value is -3.59. The summed E-state index contributed by atoms with van der Waals surface area (Å²) in [6, 6.07) is 15.8. The molecule has 1 aliphatic rings. The van der Waals surface area contributed by atoms with Crippen LogP contribution in [0, 0.1) is 0 Å². The summed E-state index contributed by atoms with van der Waals surface area (Å²) in [6.45, 7) is 2.93. The number of ether oxygens (including phenoxy) is 2. The van der Waals surface area contributed by atoms with Crippen LogP contribution in [0.2, 0.25) is 0 Å². The SMILES string of the molecule is CC[C@H](C)OC(=O)CN1C(=O)S/C(=C/c2ccccc2OCC(=O)Nc2ccccc2)C1=O. The molecule has 0 aliphatic carbocycles. The third-order valence-electron chi connectivity index (χ3n) is 4.69. The third-order valence-corrected chi connectivity index (χ3v) is 5.60. The first-order valence-electron chi connectivity index (χ1n) is 10.4. The summed E-state index contributed by atoms with van der Waals surface area (Å²) < 4.78 is 10.8. The molecule has 0 radical (unpaired) electrons. The van der Waals surface area contributed by atoms with Gasteiger partial charge in [0.25, 0.3) is 17.1 Å². The van der Waals surface area contributed by atoms with E-state index in [0.717, 1.165) is 16.7 Å². The smallest absolute Gasteiger partial charge is 0.326 e. The molecular formula is C24H24N2O6S. The highest BCUT2D eigenvalue weighted by Gasteiger charge is 2.37. The molecule has 172 valence electrons. The number of carbonyl (C=O) groups excluding carboxylic acids is 4. The Morgan fingerprint density at radius 1 is 1.09 bits per heavy atom. The molecule has 0 aromatic heterocycles. The van der Waals surface area contributed by atoms with Gasteiger partial charge in [0.15, 0.2) is 6.61 Å². The van der Waals surface area contributed by atoms with E-state index < -0.39 is 23.7 Å². The van der Waals surface area contributed by atoms with Gasteiger partial charge in [0.1, 0.15) is 12.3 Å². The molecule has 33 heavy (non-hydrogen) atoms. The Morgan fingerprint density at radius 3 is 2.52 bits per heavy atom. The number of thioether (sulfide) groups is 1.